The van der Waals surface area contributed by atoms with Crippen molar-refractivity contribution in [2.75, 3.05) is 19.7 Å². The van der Waals surface area contributed by atoms with E-state index in [2.05, 4.69) is 9.97 Å². The molecular formula is C24H26FN3O3. The van der Waals surface area contributed by atoms with Crippen molar-refractivity contribution in [2.24, 2.45) is 0 Å². The molecule has 1 amide bonds. The number of ether oxygens (including phenoxy) is 1. The third-order valence-corrected chi connectivity index (χ3v) is 5.41. The molecule has 2 aromatic heterocycles. The van der Waals surface area contributed by atoms with Gasteiger partial charge in [-0.05, 0) is 43.2 Å². The van der Waals surface area contributed by atoms with Gasteiger partial charge in [0.2, 0.25) is 5.76 Å². The minimum atomic E-state index is -0.356. The zero-order valence-corrected chi connectivity index (χ0v) is 18.0. The molecule has 1 fully saturated rings. The number of benzene rings is 1. The second-order valence-electron chi connectivity index (χ2n) is 7.80. The molecule has 0 saturated carbocycles. The van der Waals surface area contributed by atoms with Gasteiger partial charge in [-0.3, -0.25) is 9.78 Å². The molecule has 1 aliphatic rings. The van der Waals surface area contributed by atoms with Crippen LogP contribution >= 0.6 is 0 Å². The number of amides is 1. The summed E-state index contributed by atoms with van der Waals surface area (Å²) in [4.78, 5) is 23.7. The number of aryl methyl sites for hydroxylation is 3. The van der Waals surface area contributed by atoms with Gasteiger partial charge in [0.1, 0.15) is 11.9 Å². The van der Waals surface area contributed by atoms with Crippen molar-refractivity contribution in [3.05, 3.63) is 82.1 Å². The molecule has 7 heteroatoms. The van der Waals surface area contributed by atoms with E-state index in [0.29, 0.717) is 49.7 Å². The van der Waals surface area contributed by atoms with E-state index in [9.17, 15) is 9.18 Å². The van der Waals surface area contributed by atoms with Crippen LogP contribution in [0.1, 0.15) is 57.7 Å². The highest BCUT2D eigenvalue weighted by atomic mass is 19.1. The smallest absolute Gasteiger partial charge is 0.291 e. The third-order valence-electron chi connectivity index (χ3n) is 5.41. The Balaban J connectivity index is 1.54. The summed E-state index contributed by atoms with van der Waals surface area (Å²) < 4.78 is 25.7. The number of rotatable bonds is 5. The predicted octanol–water partition coefficient (Wildman–Crippen LogP) is 4.19. The number of hydrogen-bond acceptors (Lipinski definition) is 5. The normalized spacial score (nSPS) is 16.5. The lowest BCUT2D eigenvalue weighted by Crippen LogP contribution is -2.42. The molecule has 1 aliphatic heterocycles. The molecule has 1 unspecified atom stereocenters. The van der Waals surface area contributed by atoms with Gasteiger partial charge in [0.25, 0.3) is 5.91 Å². The summed E-state index contributed by atoms with van der Waals surface area (Å²) in [7, 11) is 0. The highest BCUT2D eigenvalue weighted by Gasteiger charge is 2.30. The molecule has 0 spiro atoms. The van der Waals surface area contributed by atoms with Crippen molar-refractivity contribution >= 4 is 5.91 Å². The van der Waals surface area contributed by atoms with Gasteiger partial charge in [-0.25, -0.2) is 9.37 Å². The molecule has 6 nitrogen and oxygen atoms in total. The number of carbonyl (C=O) groups is 1. The van der Waals surface area contributed by atoms with Crippen molar-refractivity contribution in [1.82, 2.24) is 14.9 Å². The Morgan fingerprint density at radius 3 is 2.77 bits per heavy atom. The molecule has 162 valence electrons. The lowest BCUT2D eigenvalue weighted by atomic mass is 10.0. The van der Waals surface area contributed by atoms with E-state index in [1.807, 2.05) is 32.0 Å². The molecule has 3 heterocycles. The number of carbonyl (C=O) groups excluding carboxylic acids is 1. The van der Waals surface area contributed by atoms with E-state index in [1.54, 1.807) is 24.0 Å². The molecule has 0 N–H and O–H groups in total. The van der Waals surface area contributed by atoms with Crippen LogP contribution in [0.3, 0.4) is 0 Å². The van der Waals surface area contributed by atoms with Crippen molar-refractivity contribution in [2.45, 2.75) is 39.7 Å². The number of oxazole rings is 1. The van der Waals surface area contributed by atoms with Crippen molar-refractivity contribution in [1.29, 1.82) is 0 Å². The van der Waals surface area contributed by atoms with E-state index in [0.717, 1.165) is 17.0 Å². The van der Waals surface area contributed by atoms with Crippen LogP contribution in [0.25, 0.3) is 0 Å². The molecule has 1 atom stereocenters. The average molecular weight is 423 g/mol. The standard InChI is InChI=1S/C24H26FN3O3/c1-4-22-27-16(3)23(31-22)24(29)28-9-10-30-21(14-28)20-13-17(11-15(2)26-20)12-18-7-5-6-8-19(18)25/h5-8,11,13,21H,4,9-10,12,14H2,1-3H3. The highest BCUT2D eigenvalue weighted by Crippen LogP contribution is 2.25. The summed E-state index contributed by atoms with van der Waals surface area (Å²) in [6, 6.07) is 10.7. The number of pyridine rings is 1. The van der Waals surface area contributed by atoms with E-state index >= 15 is 0 Å². The van der Waals surface area contributed by atoms with Crippen LogP contribution in [-0.2, 0) is 17.6 Å². The lowest BCUT2D eigenvalue weighted by Gasteiger charge is -2.32. The molecule has 4 rings (SSSR count). The summed E-state index contributed by atoms with van der Waals surface area (Å²) in [5.74, 6) is 0.439. The van der Waals surface area contributed by atoms with Gasteiger partial charge >= 0.3 is 0 Å². The quantitative estimate of drug-likeness (QED) is 0.615. The minimum absolute atomic E-state index is 0.183. The Labute approximate surface area is 181 Å². The first-order valence-electron chi connectivity index (χ1n) is 10.5. The van der Waals surface area contributed by atoms with Gasteiger partial charge in [-0.15, -0.1) is 0 Å². The highest BCUT2D eigenvalue weighted by molar-refractivity contribution is 5.92. The van der Waals surface area contributed by atoms with Crippen LogP contribution in [0.4, 0.5) is 4.39 Å². The Kier molecular flexibility index (Phi) is 6.13. The molecule has 1 saturated heterocycles. The van der Waals surface area contributed by atoms with Crippen LogP contribution in [0.15, 0.2) is 40.8 Å². The monoisotopic (exact) mass is 423 g/mol. The average Bonchev–Trinajstić information content (AvgIpc) is 3.15. The first kappa shape index (κ1) is 21.2. The Hall–Kier alpha value is -3.06. The van der Waals surface area contributed by atoms with E-state index < -0.39 is 0 Å². The summed E-state index contributed by atoms with van der Waals surface area (Å²) in [5.41, 5.74) is 3.76. The van der Waals surface area contributed by atoms with Crippen molar-refractivity contribution in [3.8, 4) is 0 Å². The molecular weight excluding hydrogens is 397 g/mol. The summed E-state index contributed by atoms with van der Waals surface area (Å²) in [6.45, 7) is 6.88. The van der Waals surface area contributed by atoms with Crippen molar-refractivity contribution in [3.63, 3.8) is 0 Å². The van der Waals surface area contributed by atoms with Gasteiger partial charge < -0.3 is 14.1 Å². The predicted molar refractivity (Wildman–Crippen MR) is 113 cm³/mol. The minimum Gasteiger partial charge on any atom is -0.435 e. The second kappa shape index (κ2) is 8.98. The second-order valence-corrected chi connectivity index (χ2v) is 7.80. The molecule has 0 bridgehead atoms. The Morgan fingerprint density at radius 1 is 1.23 bits per heavy atom. The number of hydrogen-bond donors (Lipinski definition) is 0. The van der Waals surface area contributed by atoms with Crippen molar-refractivity contribution < 1.29 is 18.3 Å². The maximum atomic E-state index is 14.1. The van der Waals surface area contributed by atoms with Crippen LogP contribution < -0.4 is 0 Å². The summed E-state index contributed by atoms with van der Waals surface area (Å²) >= 11 is 0. The zero-order chi connectivity index (χ0) is 22.0. The molecule has 31 heavy (non-hydrogen) atoms. The third kappa shape index (κ3) is 4.66. The van der Waals surface area contributed by atoms with E-state index in [4.69, 9.17) is 9.15 Å². The fourth-order valence-corrected chi connectivity index (χ4v) is 3.86. The maximum absolute atomic E-state index is 14.1. The van der Waals surface area contributed by atoms with Crippen LogP contribution in [0.5, 0.6) is 0 Å². The molecule has 0 radical (unpaired) electrons. The van der Waals surface area contributed by atoms with E-state index in [1.165, 1.54) is 6.07 Å². The fourth-order valence-electron chi connectivity index (χ4n) is 3.86. The molecule has 1 aromatic carbocycles. The number of halogens is 1. The van der Waals surface area contributed by atoms with Gasteiger partial charge in [-0.2, -0.15) is 0 Å². The van der Waals surface area contributed by atoms with Crippen LogP contribution in [-0.4, -0.2) is 40.5 Å². The van der Waals surface area contributed by atoms with Gasteiger partial charge in [-0.1, -0.05) is 25.1 Å². The van der Waals surface area contributed by atoms with Gasteiger partial charge in [0.15, 0.2) is 5.89 Å². The Morgan fingerprint density at radius 2 is 2.03 bits per heavy atom. The summed E-state index contributed by atoms with van der Waals surface area (Å²) in [6.07, 6.45) is 0.749. The topological polar surface area (TPSA) is 68.5 Å². The molecule has 0 aliphatic carbocycles. The van der Waals surface area contributed by atoms with Gasteiger partial charge in [0.05, 0.1) is 24.5 Å². The number of aromatic nitrogens is 2. The molecule has 3 aromatic rings. The first-order valence-corrected chi connectivity index (χ1v) is 10.5. The SMILES string of the molecule is CCc1nc(C)c(C(=O)N2CCOC(c3cc(Cc4ccccc4F)cc(C)n3)C2)o1. The largest absolute Gasteiger partial charge is 0.435 e. The summed E-state index contributed by atoms with van der Waals surface area (Å²) in [5, 5.41) is 0. The first-order chi connectivity index (χ1) is 14.9. The Bertz CT molecular complexity index is 1100. The lowest BCUT2D eigenvalue weighted by molar-refractivity contribution is -0.0258. The van der Waals surface area contributed by atoms with Gasteiger partial charge in [0, 0.05) is 25.1 Å². The van der Waals surface area contributed by atoms with E-state index in [-0.39, 0.29) is 23.6 Å². The van der Waals surface area contributed by atoms with Crippen LogP contribution in [0.2, 0.25) is 0 Å². The van der Waals surface area contributed by atoms with Crippen LogP contribution in [0, 0.1) is 19.7 Å². The zero-order valence-electron chi connectivity index (χ0n) is 18.0. The maximum Gasteiger partial charge on any atom is 0.291 e. The fraction of sp³-hybridized carbons (Fsp3) is 0.375. The number of nitrogens with zero attached hydrogens (tertiary/aromatic N) is 3. The number of morpholine rings is 1.